The van der Waals surface area contributed by atoms with E-state index in [1.165, 1.54) is 57.7 Å². The highest BCUT2D eigenvalue weighted by molar-refractivity contribution is 6.02. The molecule has 4 aromatic carbocycles. The molecule has 6 rings (SSSR count). The lowest BCUT2D eigenvalue weighted by atomic mass is 9.96. The Hall–Kier alpha value is -3.20. The van der Waals surface area contributed by atoms with Crippen LogP contribution in [0.3, 0.4) is 0 Å². The Labute approximate surface area is 268 Å². The van der Waals surface area contributed by atoms with E-state index < -0.39 is 0 Å². The Balaban J connectivity index is 1.04. The molecule has 45 heavy (non-hydrogen) atoms. The normalized spacial score (nSPS) is 19.4. The number of hydrogen-bond donors (Lipinski definition) is 0. The van der Waals surface area contributed by atoms with Gasteiger partial charge in [0.1, 0.15) is 0 Å². The third-order valence-electron chi connectivity index (χ3n) is 9.06. The molecular formula is C38H49N3O4. The lowest BCUT2D eigenvalue weighted by molar-refractivity contribution is 0.0213. The summed E-state index contributed by atoms with van der Waals surface area (Å²) in [4.78, 5) is 7.32. The van der Waals surface area contributed by atoms with Crippen LogP contribution in [0, 0.1) is 0 Å². The van der Waals surface area contributed by atoms with E-state index in [9.17, 15) is 0 Å². The van der Waals surface area contributed by atoms with Crippen LogP contribution in [-0.2, 0) is 25.5 Å². The molecule has 2 heterocycles. The molecule has 0 aromatic heterocycles. The molecule has 7 nitrogen and oxygen atoms in total. The zero-order valence-electron chi connectivity index (χ0n) is 26.7. The number of benzene rings is 4. The summed E-state index contributed by atoms with van der Waals surface area (Å²) in [7, 11) is 0. The summed E-state index contributed by atoms with van der Waals surface area (Å²) < 4.78 is 24.2. The molecule has 0 spiro atoms. The highest BCUT2D eigenvalue weighted by Crippen LogP contribution is 2.29. The minimum absolute atomic E-state index is 0.592. The first-order valence-corrected chi connectivity index (χ1v) is 16.9. The average Bonchev–Trinajstić information content (AvgIpc) is 3.09. The summed E-state index contributed by atoms with van der Waals surface area (Å²) in [5.41, 5.74) is 3.90. The first-order chi connectivity index (χ1) is 22.3. The first-order valence-electron chi connectivity index (χ1n) is 16.9. The molecule has 0 saturated carbocycles. The quantitative estimate of drug-likeness (QED) is 0.249. The molecule has 2 fully saturated rings. The highest BCUT2D eigenvalue weighted by atomic mass is 16.5. The van der Waals surface area contributed by atoms with Crippen LogP contribution in [0.15, 0.2) is 78.9 Å². The van der Waals surface area contributed by atoms with E-state index in [1.807, 2.05) is 0 Å². The van der Waals surface area contributed by atoms with E-state index in [-0.39, 0.29) is 0 Å². The van der Waals surface area contributed by atoms with Crippen LogP contribution in [0.2, 0.25) is 0 Å². The van der Waals surface area contributed by atoms with Crippen molar-refractivity contribution >= 4 is 32.9 Å². The van der Waals surface area contributed by atoms with Gasteiger partial charge in [-0.25, -0.2) is 0 Å². The van der Waals surface area contributed by atoms with Crippen molar-refractivity contribution in [2.24, 2.45) is 0 Å². The van der Waals surface area contributed by atoms with Gasteiger partial charge in [0.2, 0.25) is 0 Å². The number of hydrogen-bond acceptors (Lipinski definition) is 7. The number of anilines is 2. The van der Waals surface area contributed by atoms with Gasteiger partial charge >= 0.3 is 0 Å². The van der Waals surface area contributed by atoms with Crippen molar-refractivity contribution < 1.29 is 18.9 Å². The number of piperidine rings is 1. The minimum Gasteiger partial charge on any atom is -0.378 e. The van der Waals surface area contributed by atoms with Crippen molar-refractivity contribution in [3.05, 3.63) is 84.4 Å². The van der Waals surface area contributed by atoms with Crippen LogP contribution in [0.1, 0.15) is 24.8 Å². The molecule has 7 heteroatoms. The number of fused-ring (bicyclic) bond motifs is 2. The van der Waals surface area contributed by atoms with Gasteiger partial charge in [-0.2, -0.15) is 0 Å². The number of nitrogens with zero attached hydrogens (tertiary/aromatic N) is 3. The van der Waals surface area contributed by atoms with Crippen LogP contribution in [-0.4, -0.2) is 97.0 Å². The molecule has 2 saturated heterocycles. The summed E-state index contributed by atoms with van der Waals surface area (Å²) >= 11 is 0. The number of rotatable bonds is 4. The minimum atomic E-state index is 0.592. The standard InChI is InChI=1S/C38H49N3O4/c1-6-16-40(17-7-1)34-12-14-35(15-13-34)41-20-24-44-28-26-42-22-18-39(19-23-43-27-29-45-25-21-41)31-38-36-10-4-2-8-32(36)30-33-9-3-5-11-37(33)38/h2-5,8-15,30H,1,6-7,16-29,31H2. The largest absolute Gasteiger partial charge is 0.378 e. The molecule has 0 bridgehead atoms. The zero-order valence-corrected chi connectivity index (χ0v) is 26.7. The summed E-state index contributed by atoms with van der Waals surface area (Å²) in [6.45, 7) is 11.5. The van der Waals surface area contributed by atoms with E-state index in [0.29, 0.717) is 52.9 Å². The Morgan fingerprint density at radius 2 is 0.889 bits per heavy atom. The molecule has 2 aliphatic rings. The fourth-order valence-corrected chi connectivity index (χ4v) is 6.55. The van der Waals surface area contributed by atoms with Crippen molar-refractivity contribution in [2.75, 3.05) is 102 Å². The summed E-state index contributed by atoms with van der Waals surface area (Å²) in [5.74, 6) is 0. The van der Waals surface area contributed by atoms with Gasteiger partial charge in [0, 0.05) is 57.2 Å². The van der Waals surface area contributed by atoms with Gasteiger partial charge in [0.05, 0.1) is 52.9 Å². The monoisotopic (exact) mass is 611 g/mol. The fraction of sp³-hybridized carbons (Fsp3) is 0.474. The van der Waals surface area contributed by atoms with Crippen molar-refractivity contribution in [3.63, 3.8) is 0 Å². The van der Waals surface area contributed by atoms with E-state index in [0.717, 1.165) is 45.8 Å². The molecular weight excluding hydrogens is 562 g/mol. The Bertz CT molecular complexity index is 1380. The lowest BCUT2D eigenvalue weighted by Crippen LogP contribution is -2.33. The SMILES string of the molecule is c1ccc2c(CN3CCOCCOCCN(c4ccc(N5CCCCC5)cc4)CCOCCOCC3)c3ccccc3cc2c1. The molecule has 240 valence electrons. The maximum Gasteiger partial charge on any atom is 0.0701 e. The Kier molecular flexibility index (Phi) is 11.9. The van der Waals surface area contributed by atoms with Crippen LogP contribution >= 0.6 is 0 Å². The summed E-state index contributed by atoms with van der Waals surface area (Å²) in [5, 5.41) is 5.18. The maximum atomic E-state index is 6.06. The average molecular weight is 612 g/mol. The smallest absolute Gasteiger partial charge is 0.0701 e. The van der Waals surface area contributed by atoms with E-state index in [1.54, 1.807) is 0 Å². The lowest BCUT2D eigenvalue weighted by Gasteiger charge is -2.30. The molecule has 0 aliphatic carbocycles. The van der Waals surface area contributed by atoms with Crippen LogP contribution < -0.4 is 9.80 Å². The second-order valence-electron chi connectivity index (χ2n) is 12.1. The third-order valence-corrected chi connectivity index (χ3v) is 9.06. The first kappa shape index (κ1) is 31.8. The van der Waals surface area contributed by atoms with Crippen molar-refractivity contribution in [2.45, 2.75) is 25.8 Å². The molecule has 0 amide bonds. The highest BCUT2D eigenvalue weighted by Gasteiger charge is 2.15. The van der Waals surface area contributed by atoms with Crippen LogP contribution in [0.25, 0.3) is 21.5 Å². The van der Waals surface area contributed by atoms with Gasteiger partial charge in [0.15, 0.2) is 0 Å². The molecule has 0 N–H and O–H groups in total. The topological polar surface area (TPSA) is 46.6 Å². The van der Waals surface area contributed by atoms with Gasteiger partial charge in [-0.05, 0) is 76.7 Å². The van der Waals surface area contributed by atoms with Crippen LogP contribution in [0.5, 0.6) is 0 Å². The van der Waals surface area contributed by atoms with Crippen molar-refractivity contribution in [1.29, 1.82) is 0 Å². The third kappa shape index (κ3) is 8.96. The second-order valence-corrected chi connectivity index (χ2v) is 12.1. The van der Waals surface area contributed by atoms with E-state index >= 15 is 0 Å². The van der Waals surface area contributed by atoms with E-state index in [4.69, 9.17) is 18.9 Å². The van der Waals surface area contributed by atoms with Crippen molar-refractivity contribution in [3.8, 4) is 0 Å². The predicted molar refractivity (Wildman–Crippen MR) is 185 cm³/mol. The number of ether oxygens (including phenoxy) is 4. The van der Waals surface area contributed by atoms with Crippen molar-refractivity contribution in [1.82, 2.24) is 4.90 Å². The van der Waals surface area contributed by atoms with Gasteiger partial charge in [-0.3, -0.25) is 4.90 Å². The van der Waals surface area contributed by atoms with Gasteiger partial charge in [0.25, 0.3) is 0 Å². The zero-order chi connectivity index (χ0) is 30.5. The summed E-state index contributed by atoms with van der Waals surface area (Å²) in [6, 6.07) is 28.7. The molecule has 0 unspecified atom stereocenters. The Morgan fingerprint density at radius 1 is 0.444 bits per heavy atom. The molecule has 0 atom stereocenters. The van der Waals surface area contributed by atoms with Gasteiger partial charge < -0.3 is 28.7 Å². The fourth-order valence-electron chi connectivity index (χ4n) is 6.55. The summed E-state index contributed by atoms with van der Waals surface area (Å²) in [6.07, 6.45) is 3.92. The second kappa shape index (κ2) is 16.9. The van der Waals surface area contributed by atoms with Crippen LogP contribution in [0.4, 0.5) is 11.4 Å². The maximum absolute atomic E-state index is 6.06. The molecule has 2 aliphatic heterocycles. The van der Waals surface area contributed by atoms with Gasteiger partial charge in [-0.15, -0.1) is 0 Å². The molecule has 4 aromatic rings. The molecule has 0 radical (unpaired) electrons. The van der Waals surface area contributed by atoms with Gasteiger partial charge in [-0.1, -0.05) is 48.5 Å². The predicted octanol–water partition coefficient (Wildman–Crippen LogP) is 6.37. The Morgan fingerprint density at radius 3 is 1.40 bits per heavy atom. The van der Waals surface area contributed by atoms with E-state index in [2.05, 4.69) is 93.6 Å².